The summed E-state index contributed by atoms with van der Waals surface area (Å²) < 4.78 is 0. The molecular weight excluding hydrogens is 276 g/mol. The predicted molar refractivity (Wildman–Crippen MR) is 88.4 cm³/mol. The van der Waals surface area contributed by atoms with Gasteiger partial charge < -0.3 is 10.2 Å². The van der Waals surface area contributed by atoms with Gasteiger partial charge in [-0.25, -0.2) is 0 Å². The number of carbonyl (C=O) groups is 2. The van der Waals surface area contributed by atoms with E-state index in [2.05, 4.69) is 18.3 Å². The summed E-state index contributed by atoms with van der Waals surface area (Å²) in [5.41, 5.74) is 1.46. The third-order valence-electron chi connectivity index (χ3n) is 4.88. The second-order valence-corrected chi connectivity index (χ2v) is 6.53. The summed E-state index contributed by atoms with van der Waals surface area (Å²) in [6, 6.07) is 0.335. The molecule has 22 heavy (non-hydrogen) atoms. The number of piperidine rings is 1. The number of nitrogens with zero attached hydrogens (tertiary/aromatic N) is 1. The van der Waals surface area contributed by atoms with Gasteiger partial charge in [0.1, 0.15) is 6.42 Å². The molecular formula is C18H30N2O2. The summed E-state index contributed by atoms with van der Waals surface area (Å²) in [4.78, 5) is 26.2. The van der Waals surface area contributed by atoms with Gasteiger partial charge in [-0.3, -0.25) is 9.59 Å². The number of hydrogen-bond donors (Lipinski definition) is 1. The van der Waals surface area contributed by atoms with Crippen LogP contribution < -0.4 is 5.32 Å². The molecule has 0 aromatic rings. The van der Waals surface area contributed by atoms with Crippen LogP contribution in [-0.4, -0.2) is 35.8 Å². The van der Waals surface area contributed by atoms with Crippen LogP contribution in [0, 0.1) is 0 Å². The maximum atomic E-state index is 12.3. The smallest absolute Gasteiger partial charge is 0.232 e. The third kappa shape index (κ3) is 5.15. The molecule has 1 unspecified atom stereocenters. The largest absolute Gasteiger partial charge is 0.355 e. The Morgan fingerprint density at radius 1 is 1.27 bits per heavy atom. The summed E-state index contributed by atoms with van der Waals surface area (Å²) in [7, 11) is 0. The highest BCUT2D eigenvalue weighted by Gasteiger charge is 2.26. The van der Waals surface area contributed by atoms with Crippen LogP contribution in [0.5, 0.6) is 0 Å². The lowest BCUT2D eigenvalue weighted by atomic mass is 9.97. The van der Waals surface area contributed by atoms with E-state index in [1.165, 1.54) is 37.7 Å². The van der Waals surface area contributed by atoms with E-state index in [4.69, 9.17) is 0 Å². The topological polar surface area (TPSA) is 49.4 Å². The van der Waals surface area contributed by atoms with Gasteiger partial charge in [-0.1, -0.05) is 18.6 Å². The van der Waals surface area contributed by atoms with Gasteiger partial charge in [0.25, 0.3) is 0 Å². The monoisotopic (exact) mass is 306 g/mol. The van der Waals surface area contributed by atoms with Gasteiger partial charge in [0.15, 0.2) is 0 Å². The van der Waals surface area contributed by atoms with E-state index < -0.39 is 0 Å². The van der Waals surface area contributed by atoms with Crippen LogP contribution in [0.1, 0.15) is 71.1 Å². The van der Waals surface area contributed by atoms with E-state index in [1.807, 2.05) is 4.90 Å². The Morgan fingerprint density at radius 2 is 2.14 bits per heavy atom. The zero-order valence-electron chi connectivity index (χ0n) is 13.9. The highest BCUT2D eigenvalue weighted by atomic mass is 16.2. The molecule has 0 radical (unpaired) electrons. The second-order valence-electron chi connectivity index (χ2n) is 6.53. The lowest BCUT2D eigenvalue weighted by Gasteiger charge is -2.35. The van der Waals surface area contributed by atoms with Crippen LogP contribution in [0.15, 0.2) is 11.6 Å². The van der Waals surface area contributed by atoms with Gasteiger partial charge in [-0.05, 0) is 57.8 Å². The Kier molecular flexibility index (Phi) is 6.94. The average Bonchev–Trinajstić information content (AvgIpc) is 2.55. The minimum atomic E-state index is -0.123. The molecule has 2 rings (SSSR count). The fourth-order valence-electron chi connectivity index (χ4n) is 3.55. The van der Waals surface area contributed by atoms with Crippen LogP contribution >= 0.6 is 0 Å². The summed E-state index contributed by atoms with van der Waals surface area (Å²) >= 11 is 0. The van der Waals surface area contributed by atoms with Crippen molar-refractivity contribution in [3.8, 4) is 0 Å². The standard InChI is InChI=1S/C18H30N2O2/c1-2-16-10-6-7-13-20(16)18(22)14-17(21)19-12-11-15-8-4-3-5-9-15/h8,16H,2-7,9-14H2,1H3,(H,19,21). The fraction of sp³-hybridized carbons (Fsp3) is 0.778. The Labute approximate surface area is 134 Å². The molecule has 0 saturated carbocycles. The van der Waals surface area contributed by atoms with Crippen LogP contribution in [0.2, 0.25) is 0 Å². The third-order valence-corrected chi connectivity index (χ3v) is 4.88. The lowest BCUT2D eigenvalue weighted by Crippen LogP contribution is -2.45. The maximum Gasteiger partial charge on any atom is 0.232 e. The minimum absolute atomic E-state index is 0.000863. The molecule has 1 aliphatic carbocycles. The molecule has 0 spiro atoms. The molecule has 1 saturated heterocycles. The number of likely N-dealkylation sites (tertiary alicyclic amines) is 1. The molecule has 4 nitrogen and oxygen atoms in total. The lowest BCUT2D eigenvalue weighted by molar-refractivity contribution is -0.139. The molecule has 2 amide bonds. The zero-order chi connectivity index (χ0) is 15.8. The zero-order valence-corrected chi connectivity index (χ0v) is 13.9. The van der Waals surface area contributed by atoms with Gasteiger partial charge in [0.05, 0.1) is 0 Å². The van der Waals surface area contributed by atoms with E-state index in [9.17, 15) is 9.59 Å². The van der Waals surface area contributed by atoms with Crippen molar-refractivity contribution in [2.75, 3.05) is 13.1 Å². The van der Waals surface area contributed by atoms with E-state index in [0.29, 0.717) is 12.6 Å². The van der Waals surface area contributed by atoms with Crippen molar-refractivity contribution < 1.29 is 9.59 Å². The number of hydrogen-bond acceptors (Lipinski definition) is 2. The van der Waals surface area contributed by atoms with Gasteiger partial charge in [0, 0.05) is 19.1 Å². The Bertz CT molecular complexity index is 417. The molecule has 1 N–H and O–H groups in total. The van der Waals surface area contributed by atoms with Crippen molar-refractivity contribution in [2.45, 2.75) is 77.2 Å². The highest BCUT2D eigenvalue weighted by Crippen LogP contribution is 2.21. The normalized spacial score (nSPS) is 22.1. The average molecular weight is 306 g/mol. The predicted octanol–water partition coefficient (Wildman–Crippen LogP) is 3.17. The van der Waals surface area contributed by atoms with Gasteiger partial charge >= 0.3 is 0 Å². The van der Waals surface area contributed by atoms with Crippen molar-refractivity contribution in [3.05, 3.63) is 11.6 Å². The van der Waals surface area contributed by atoms with Crippen molar-refractivity contribution in [2.24, 2.45) is 0 Å². The first-order valence-corrected chi connectivity index (χ1v) is 8.94. The van der Waals surface area contributed by atoms with Crippen molar-refractivity contribution in [1.29, 1.82) is 0 Å². The van der Waals surface area contributed by atoms with E-state index >= 15 is 0 Å². The molecule has 0 bridgehead atoms. The summed E-state index contributed by atoms with van der Waals surface area (Å²) in [6.45, 7) is 3.60. The molecule has 124 valence electrons. The number of nitrogens with one attached hydrogen (secondary N) is 1. The number of allylic oxidation sites excluding steroid dienone is 1. The first-order chi connectivity index (χ1) is 10.7. The molecule has 1 atom stereocenters. The number of carbonyl (C=O) groups excluding carboxylic acids is 2. The maximum absolute atomic E-state index is 12.3. The molecule has 1 fully saturated rings. The summed E-state index contributed by atoms with van der Waals surface area (Å²) in [5, 5.41) is 2.91. The first kappa shape index (κ1) is 17.0. The summed E-state index contributed by atoms with van der Waals surface area (Å²) in [5.74, 6) is -0.122. The minimum Gasteiger partial charge on any atom is -0.355 e. The molecule has 1 aliphatic heterocycles. The molecule has 0 aromatic carbocycles. The Morgan fingerprint density at radius 3 is 2.86 bits per heavy atom. The Hall–Kier alpha value is -1.32. The van der Waals surface area contributed by atoms with Gasteiger partial charge in [-0.15, -0.1) is 0 Å². The fourth-order valence-corrected chi connectivity index (χ4v) is 3.55. The second kappa shape index (κ2) is 8.96. The molecule has 0 aromatic heterocycles. The summed E-state index contributed by atoms with van der Waals surface area (Å²) in [6.07, 6.45) is 12.5. The highest BCUT2D eigenvalue weighted by molar-refractivity contribution is 5.97. The quantitative estimate of drug-likeness (QED) is 0.605. The number of rotatable bonds is 6. The molecule has 1 heterocycles. The molecule has 2 aliphatic rings. The van der Waals surface area contributed by atoms with E-state index in [-0.39, 0.29) is 18.2 Å². The van der Waals surface area contributed by atoms with Gasteiger partial charge in [0.2, 0.25) is 11.8 Å². The van der Waals surface area contributed by atoms with Crippen LogP contribution in [0.25, 0.3) is 0 Å². The van der Waals surface area contributed by atoms with Crippen molar-refractivity contribution in [3.63, 3.8) is 0 Å². The van der Waals surface area contributed by atoms with Crippen LogP contribution in [-0.2, 0) is 9.59 Å². The van der Waals surface area contributed by atoms with E-state index in [1.54, 1.807) is 0 Å². The van der Waals surface area contributed by atoms with E-state index in [0.717, 1.165) is 32.2 Å². The van der Waals surface area contributed by atoms with Crippen LogP contribution in [0.3, 0.4) is 0 Å². The van der Waals surface area contributed by atoms with Crippen molar-refractivity contribution in [1.82, 2.24) is 10.2 Å². The van der Waals surface area contributed by atoms with Crippen molar-refractivity contribution >= 4 is 11.8 Å². The van der Waals surface area contributed by atoms with Gasteiger partial charge in [-0.2, -0.15) is 0 Å². The number of amides is 2. The van der Waals surface area contributed by atoms with Crippen LogP contribution in [0.4, 0.5) is 0 Å². The molecule has 4 heteroatoms. The Balaban J connectivity index is 1.69. The SMILES string of the molecule is CCC1CCCCN1C(=O)CC(=O)NCCC1=CCCCC1. The first-order valence-electron chi connectivity index (χ1n) is 8.94.